The number of nitrogens with one attached hydrogen (secondary N) is 2. The average molecular weight is 347 g/mol. The Morgan fingerprint density at radius 3 is 2.73 bits per heavy atom. The van der Waals surface area contributed by atoms with Gasteiger partial charge in [-0.25, -0.2) is 4.98 Å². The Hall–Kier alpha value is -3.66. The molecular formula is C19H17N5O2. The minimum atomic E-state index is -0.485. The fraction of sp³-hybridized carbons (Fsp3) is 0.158. The van der Waals surface area contributed by atoms with Crippen molar-refractivity contribution in [1.29, 1.82) is 5.26 Å². The van der Waals surface area contributed by atoms with Crippen molar-refractivity contribution >= 4 is 22.8 Å². The second-order valence-corrected chi connectivity index (χ2v) is 5.65. The van der Waals surface area contributed by atoms with E-state index in [2.05, 4.69) is 15.8 Å². The number of fused-ring (bicyclic) bond motifs is 1. The summed E-state index contributed by atoms with van der Waals surface area (Å²) in [7, 11) is 0. The molecule has 0 aliphatic rings. The number of benzene rings is 2. The molecular weight excluding hydrogens is 330 g/mol. The number of aromatic nitrogens is 2. The largest absolute Gasteiger partial charge is 0.318 e. The third kappa shape index (κ3) is 3.54. The maximum absolute atomic E-state index is 12.3. The predicted octanol–water partition coefficient (Wildman–Crippen LogP) is 1.93. The summed E-state index contributed by atoms with van der Waals surface area (Å²) in [5.41, 5.74) is 7.14. The first-order valence-electron chi connectivity index (χ1n) is 8.16. The van der Waals surface area contributed by atoms with Crippen molar-refractivity contribution < 1.29 is 9.59 Å². The van der Waals surface area contributed by atoms with Crippen LogP contribution < -0.4 is 10.9 Å². The molecule has 1 aromatic heterocycles. The molecule has 2 aromatic carbocycles. The zero-order chi connectivity index (χ0) is 18.5. The van der Waals surface area contributed by atoms with Gasteiger partial charge >= 0.3 is 0 Å². The van der Waals surface area contributed by atoms with Gasteiger partial charge in [-0.2, -0.15) is 5.26 Å². The van der Waals surface area contributed by atoms with E-state index in [1.165, 1.54) is 6.07 Å². The molecule has 0 aliphatic heterocycles. The van der Waals surface area contributed by atoms with E-state index < -0.39 is 5.91 Å². The lowest BCUT2D eigenvalue weighted by Gasteiger charge is -2.10. The standard InChI is InChI=1S/C19H17N5O2/c1-2-17-21-15-8-3-4-9-16(15)24(17)12-18(25)22-23-19(26)14-7-5-6-13(10-14)11-20/h3-10H,2,12H2,1H3,(H,22,25)(H,23,26). The molecule has 0 saturated heterocycles. The predicted molar refractivity (Wildman–Crippen MR) is 95.9 cm³/mol. The highest BCUT2D eigenvalue weighted by Crippen LogP contribution is 2.16. The van der Waals surface area contributed by atoms with E-state index in [1.807, 2.05) is 41.8 Å². The number of carbonyl (C=O) groups excluding carboxylic acids is 2. The van der Waals surface area contributed by atoms with Crippen LogP contribution in [0.1, 0.15) is 28.7 Å². The SMILES string of the molecule is CCc1nc2ccccc2n1CC(=O)NNC(=O)c1cccc(C#N)c1. The Morgan fingerprint density at radius 2 is 1.96 bits per heavy atom. The van der Waals surface area contributed by atoms with Crippen molar-refractivity contribution in [3.05, 3.63) is 65.5 Å². The van der Waals surface area contributed by atoms with E-state index in [0.717, 1.165) is 16.9 Å². The molecule has 0 radical (unpaired) electrons. The Bertz CT molecular complexity index is 1020. The number of aryl methyl sites for hydroxylation is 1. The first-order chi connectivity index (χ1) is 12.6. The number of imidazole rings is 1. The summed E-state index contributed by atoms with van der Waals surface area (Å²) in [5.74, 6) is -0.0521. The first-order valence-corrected chi connectivity index (χ1v) is 8.16. The van der Waals surface area contributed by atoms with Gasteiger partial charge in [0.15, 0.2) is 0 Å². The lowest BCUT2D eigenvalue weighted by atomic mass is 10.1. The minimum absolute atomic E-state index is 0.0439. The maximum Gasteiger partial charge on any atom is 0.269 e. The third-order valence-electron chi connectivity index (χ3n) is 3.92. The maximum atomic E-state index is 12.3. The molecule has 26 heavy (non-hydrogen) atoms. The van der Waals surface area contributed by atoms with E-state index in [4.69, 9.17) is 5.26 Å². The van der Waals surface area contributed by atoms with Crippen molar-refractivity contribution in [3.63, 3.8) is 0 Å². The van der Waals surface area contributed by atoms with Gasteiger partial charge in [-0.3, -0.25) is 20.4 Å². The Labute approximate surface area is 150 Å². The molecule has 0 aliphatic carbocycles. The monoisotopic (exact) mass is 347 g/mol. The van der Waals surface area contributed by atoms with Gasteiger partial charge in [0.1, 0.15) is 12.4 Å². The summed E-state index contributed by atoms with van der Waals surface area (Å²) < 4.78 is 1.83. The number of carbonyl (C=O) groups is 2. The lowest BCUT2D eigenvalue weighted by molar-refractivity contribution is -0.122. The molecule has 3 aromatic rings. The molecule has 7 nitrogen and oxygen atoms in total. The number of hydrazine groups is 1. The fourth-order valence-electron chi connectivity index (χ4n) is 2.68. The van der Waals surface area contributed by atoms with Crippen molar-refractivity contribution in [2.75, 3.05) is 0 Å². The third-order valence-corrected chi connectivity index (χ3v) is 3.92. The summed E-state index contributed by atoms with van der Waals surface area (Å²) >= 11 is 0. The molecule has 0 bridgehead atoms. The second-order valence-electron chi connectivity index (χ2n) is 5.65. The molecule has 2 N–H and O–H groups in total. The van der Waals surface area contributed by atoms with Crippen molar-refractivity contribution in [2.45, 2.75) is 19.9 Å². The molecule has 0 atom stereocenters. The fourth-order valence-corrected chi connectivity index (χ4v) is 2.68. The van der Waals surface area contributed by atoms with Gasteiger partial charge in [-0.05, 0) is 30.3 Å². The van der Waals surface area contributed by atoms with Crippen molar-refractivity contribution in [3.8, 4) is 6.07 Å². The van der Waals surface area contributed by atoms with Crippen LogP contribution in [0, 0.1) is 11.3 Å². The molecule has 0 unspecified atom stereocenters. The summed E-state index contributed by atoms with van der Waals surface area (Å²) in [5, 5.41) is 8.88. The number of rotatable bonds is 4. The van der Waals surface area contributed by atoms with Gasteiger partial charge in [-0.15, -0.1) is 0 Å². The lowest BCUT2D eigenvalue weighted by Crippen LogP contribution is -2.43. The molecule has 1 heterocycles. The van der Waals surface area contributed by atoms with E-state index in [1.54, 1.807) is 18.2 Å². The summed E-state index contributed by atoms with van der Waals surface area (Å²) in [6.07, 6.45) is 0.690. The van der Waals surface area contributed by atoms with Crippen LogP contribution in [-0.4, -0.2) is 21.4 Å². The van der Waals surface area contributed by atoms with Crippen LogP contribution in [0.5, 0.6) is 0 Å². The van der Waals surface area contributed by atoms with E-state index in [9.17, 15) is 9.59 Å². The molecule has 0 spiro atoms. The molecule has 2 amide bonds. The van der Waals surface area contributed by atoms with Crippen LogP contribution in [0.15, 0.2) is 48.5 Å². The van der Waals surface area contributed by atoms with Crippen molar-refractivity contribution in [2.24, 2.45) is 0 Å². The number of hydrogen-bond donors (Lipinski definition) is 2. The van der Waals surface area contributed by atoms with E-state index in [-0.39, 0.29) is 12.5 Å². The van der Waals surface area contributed by atoms with Gasteiger partial charge in [0.25, 0.3) is 11.8 Å². The Balaban J connectivity index is 1.68. The quantitative estimate of drug-likeness (QED) is 0.704. The van der Waals surface area contributed by atoms with Crippen LogP contribution >= 0.6 is 0 Å². The zero-order valence-corrected chi connectivity index (χ0v) is 14.2. The van der Waals surface area contributed by atoms with Crippen LogP contribution in [-0.2, 0) is 17.8 Å². The normalized spacial score (nSPS) is 10.3. The topological polar surface area (TPSA) is 99.8 Å². The summed E-state index contributed by atoms with van der Waals surface area (Å²) in [6, 6.07) is 15.8. The van der Waals surface area contributed by atoms with Crippen molar-refractivity contribution in [1.82, 2.24) is 20.4 Å². The average Bonchev–Trinajstić information content (AvgIpc) is 3.03. The molecule has 0 saturated carbocycles. The summed E-state index contributed by atoms with van der Waals surface area (Å²) in [4.78, 5) is 28.9. The van der Waals surface area contributed by atoms with E-state index >= 15 is 0 Å². The first kappa shape index (κ1) is 17.2. The van der Waals surface area contributed by atoms with Crippen LogP contribution in [0.4, 0.5) is 0 Å². The van der Waals surface area contributed by atoms with Gasteiger partial charge in [0.05, 0.1) is 22.7 Å². The number of amides is 2. The number of para-hydroxylation sites is 2. The number of nitriles is 1. The Morgan fingerprint density at radius 1 is 1.15 bits per heavy atom. The van der Waals surface area contributed by atoms with Crippen LogP contribution in [0.3, 0.4) is 0 Å². The smallest absolute Gasteiger partial charge is 0.269 e. The number of hydrogen-bond acceptors (Lipinski definition) is 4. The van der Waals surface area contributed by atoms with Gasteiger partial charge in [0, 0.05) is 12.0 Å². The van der Waals surface area contributed by atoms with E-state index in [0.29, 0.717) is 17.5 Å². The highest BCUT2D eigenvalue weighted by atomic mass is 16.2. The second kappa shape index (κ2) is 7.49. The molecule has 3 rings (SSSR count). The molecule has 130 valence electrons. The Kier molecular flexibility index (Phi) is 4.94. The highest BCUT2D eigenvalue weighted by molar-refractivity contribution is 5.95. The molecule has 7 heteroatoms. The zero-order valence-electron chi connectivity index (χ0n) is 14.2. The van der Waals surface area contributed by atoms with Gasteiger partial charge in [0.2, 0.25) is 0 Å². The summed E-state index contributed by atoms with van der Waals surface area (Å²) in [6.45, 7) is 2.02. The van der Waals surface area contributed by atoms with Gasteiger partial charge in [-0.1, -0.05) is 25.1 Å². The van der Waals surface area contributed by atoms with Crippen LogP contribution in [0.2, 0.25) is 0 Å². The molecule has 0 fully saturated rings. The number of nitrogens with zero attached hydrogens (tertiary/aromatic N) is 3. The minimum Gasteiger partial charge on any atom is -0.318 e. The van der Waals surface area contributed by atoms with Gasteiger partial charge < -0.3 is 4.57 Å². The highest BCUT2D eigenvalue weighted by Gasteiger charge is 2.13. The van der Waals surface area contributed by atoms with Crippen LogP contribution in [0.25, 0.3) is 11.0 Å².